The molecule has 0 radical (unpaired) electrons. The Morgan fingerprint density at radius 2 is 1.34 bits per heavy atom. The maximum Gasteiger partial charge on any atom is 0.215 e. The first-order valence-corrected chi connectivity index (χ1v) is 14.7. The molecule has 3 aromatic rings. The first kappa shape index (κ1) is 29.8. The molecule has 0 N–H and O–H groups in total. The van der Waals surface area contributed by atoms with Crippen LogP contribution in [0.4, 0.5) is 14.5 Å². The SMILES string of the molecule is CCCCC(CC)CN(CC(CC)CCCC)c1ccc(-c2cc[n+](C)c(-c3ccc(F)cc3F)c2)cc1. The molecule has 0 fully saturated rings. The van der Waals surface area contributed by atoms with Crippen molar-refractivity contribution in [2.45, 2.75) is 79.1 Å². The molecule has 0 saturated heterocycles. The zero-order valence-corrected chi connectivity index (χ0v) is 24.1. The quantitative estimate of drug-likeness (QED) is 0.181. The summed E-state index contributed by atoms with van der Waals surface area (Å²) in [5.41, 5.74) is 4.51. The van der Waals surface area contributed by atoms with Crippen LogP contribution in [0.15, 0.2) is 60.8 Å². The Bertz CT molecular complexity index is 1110. The van der Waals surface area contributed by atoms with Crippen LogP contribution in [0.3, 0.4) is 0 Å². The highest BCUT2D eigenvalue weighted by molar-refractivity contribution is 5.70. The largest absolute Gasteiger partial charge is 0.371 e. The second kappa shape index (κ2) is 15.0. The molecule has 4 heteroatoms. The van der Waals surface area contributed by atoms with E-state index in [0.29, 0.717) is 23.1 Å². The number of aromatic nitrogens is 1. The summed E-state index contributed by atoms with van der Waals surface area (Å²) in [6, 6.07) is 16.7. The predicted octanol–water partition coefficient (Wildman–Crippen LogP) is 9.36. The predicted molar refractivity (Wildman–Crippen MR) is 157 cm³/mol. The summed E-state index contributed by atoms with van der Waals surface area (Å²) >= 11 is 0. The molecule has 0 spiro atoms. The third kappa shape index (κ3) is 8.12. The maximum atomic E-state index is 14.6. The molecule has 2 nitrogen and oxygen atoms in total. The van der Waals surface area contributed by atoms with Crippen molar-refractivity contribution in [3.63, 3.8) is 0 Å². The number of pyridine rings is 1. The number of hydrogen-bond acceptors (Lipinski definition) is 1. The van der Waals surface area contributed by atoms with E-state index < -0.39 is 11.6 Å². The number of rotatable bonds is 15. The molecule has 38 heavy (non-hydrogen) atoms. The molecule has 0 saturated carbocycles. The van der Waals surface area contributed by atoms with Crippen molar-refractivity contribution in [1.29, 1.82) is 0 Å². The highest BCUT2D eigenvalue weighted by atomic mass is 19.1. The molecule has 2 aromatic carbocycles. The van der Waals surface area contributed by atoms with Crippen molar-refractivity contribution in [3.05, 3.63) is 72.4 Å². The van der Waals surface area contributed by atoms with Gasteiger partial charge in [-0.3, -0.25) is 0 Å². The van der Waals surface area contributed by atoms with Crippen molar-refractivity contribution in [3.8, 4) is 22.4 Å². The average Bonchev–Trinajstić information content (AvgIpc) is 2.93. The van der Waals surface area contributed by atoms with Gasteiger partial charge in [0, 0.05) is 37.0 Å². The maximum absolute atomic E-state index is 14.6. The van der Waals surface area contributed by atoms with Gasteiger partial charge in [-0.25, -0.2) is 13.3 Å². The van der Waals surface area contributed by atoms with Crippen LogP contribution in [0, 0.1) is 23.5 Å². The molecule has 0 amide bonds. The van der Waals surface area contributed by atoms with Gasteiger partial charge in [0.25, 0.3) is 0 Å². The molecule has 0 aliphatic heterocycles. The highest BCUT2D eigenvalue weighted by Crippen LogP contribution is 2.29. The molecule has 1 aromatic heterocycles. The van der Waals surface area contributed by atoms with Crippen molar-refractivity contribution in [2.24, 2.45) is 18.9 Å². The van der Waals surface area contributed by atoms with E-state index in [4.69, 9.17) is 0 Å². The fraction of sp³-hybridized carbons (Fsp3) is 0.500. The summed E-state index contributed by atoms with van der Waals surface area (Å²) in [4.78, 5) is 2.63. The smallest absolute Gasteiger partial charge is 0.215 e. The fourth-order valence-corrected chi connectivity index (χ4v) is 5.32. The molecule has 2 atom stereocenters. The van der Waals surface area contributed by atoms with Crippen LogP contribution in [-0.2, 0) is 7.05 Å². The number of nitrogens with zero attached hydrogens (tertiary/aromatic N) is 2. The molecule has 0 aliphatic rings. The van der Waals surface area contributed by atoms with Gasteiger partial charge in [0.05, 0.1) is 5.56 Å². The monoisotopic (exact) mass is 521 g/mol. The average molecular weight is 522 g/mol. The standard InChI is InChI=1S/C34H47F2N2/c1-6-10-12-26(8-3)24-38(25-27(9-4)13-11-7-2)31-17-14-28(15-18-31)29-20-21-37(5)34(22-29)32-19-16-30(35)23-33(32)36/h14-23,26-27H,6-13,24-25H2,1-5H3/q+1. The second-order valence-electron chi connectivity index (χ2n) is 10.8. The lowest BCUT2D eigenvalue weighted by Crippen LogP contribution is -2.34. The summed E-state index contributed by atoms with van der Waals surface area (Å²) in [6.45, 7) is 11.4. The molecule has 3 rings (SSSR count). The number of unbranched alkanes of at least 4 members (excludes halogenated alkanes) is 2. The zero-order chi connectivity index (χ0) is 27.5. The number of halogens is 2. The van der Waals surface area contributed by atoms with Crippen LogP contribution in [0.5, 0.6) is 0 Å². The van der Waals surface area contributed by atoms with Gasteiger partial charge in [0.2, 0.25) is 5.69 Å². The molecule has 206 valence electrons. The number of hydrogen-bond donors (Lipinski definition) is 0. The number of aryl methyl sites for hydroxylation is 1. The van der Waals surface area contributed by atoms with E-state index >= 15 is 0 Å². The van der Waals surface area contributed by atoms with Crippen LogP contribution in [-0.4, -0.2) is 13.1 Å². The summed E-state index contributed by atoms with van der Waals surface area (Å²) in [6.07, 6.45) is 12.0. The molecule has 0 aliphatic carbocycles. The van der Waals surface area contributed by atoms with E-state index in [1.165, 1.54) is 69.2 Å². The van der Waals surface area contributed by atoms with Gasteiger partial charge in [0.15, 0.2) is 6.20 Å². The minimum atomic E-state index is -0.565. The van der Waals surface area contributed by atoms with Gasteiger partial charge in [0.1, 0.15) is 18.7 Å². The van der Waals surface area contributed by atoms with Crippen molar-refractivity contribution in [2.75, 3.05) is 18.0 Å². The van der Waals surface area contributed by atoms with Crippen molar-refractivity contribution in [1.82, 2.24) is 0 Å². The van der Waals surface area contributed by atoms with Crippen molar-refractivity contribution < 1.29 is 13.3 Å². The molecular weight excluding hydrogens is 474 g/mol. The van der Waals surface area contributed by atoms with Gasteiger partial charge >= 0.3 is 0 Å². The normalized spacial score (nSPS) is 12.9. The fourth-order valence-electron chi connectivity index (χ4n) is 5.32. The lowest BCUT2D eigenvalue weighted by Gasteiger charge is -2.32. The highest BCUT2D eigenvalue weighted by Gasteiger charge is 2.19. The van der Waals surface area contributed by atoms with Gasteiger partial charge in [-0.2, -0.15) is 0 Å². The minimum Gasteiger partial charge on any atom is -0.371 e. The molecular formula is C34H47F2N2+. The summed E-state index contributed by atoms with van der Waals surface area (Å²) in [7, 11) is 1.88. The summed E-state index contributed by atoms with van der Waals surface area (Å²) < 4.78 is 29.9. The first-order chi connectivity index (χ1) is 18.4. The lowest BCUT2D eigenvalue weighted by molar-refractivity contribution is -0.660. The van der Waals surface area contributed by atoms with Gasteiger partial charge < -0.3 is 4.90 Å². The lowest BCUT2D eigenvalue weighted by atomic mass is 9.95. The molecule has 2 unspecified atom stereocenters. The Hall–Kier alpha value is -2.75. The van der Waals surface area contributed by atoms with Crippen LogP contribution in [0.25, 0.3) is 22.4 Å². The summed E-state index contributed by atoms with van der Waals surface area (Å²) in [5.74, 6) is 0.303. The topological polar surface area (TPSA) is 7.12 Å². The molecule has 1 heterocycles. The Balaban J connectivity index is 1.88. The summed E-state index contributed by atoms with van der Waals surface area (Å²) in [5, 5.41) is 0. The minimum absolute atomic E-state index is 0.397. The van der Waals surface area contributed by atoms with E-state index in [1.807, 2.05) is 29.9 Å². The Morgan fingerprint density at radius 3 is 1.87 bits per heavy atom. The number of benzene rings is 2. The molecule has 0 bridgehead atoms. The van der Waals surface area contributed by atoms with Crippen LogP contribution >= 0.6 is 0 Å². The third-order valence-electron chi connectivity index (χ3n) is 7.97. The van der Waals surface area contributed by atoms with E-state index in [0.717, 1.165) is 30.3 Å². The second-order valence-corrected chi connectivity index (χ2v) is 10.8. The van der Waals surface area contributed by atoms with Crippen molar-refractivity contribution >= 4 is 5.69 Å². The Labute approximate surface area is 229 Å². The van der Waals surface area contributed by atoms with Gasteiger partial charge in [-0.05, 0) is 60.1 Å². The van der Waals surface area contributed by atoms with Gasteiger partial charge in [-0.1, -0.05) is 78.4 Å². The van der Waals surface area contributed by atoms with Crippen LogP contribution in [0.1, 0.15) is 79.1 Å². The van der Waals surface area contributed by atoms with E-state index in [-0.39, 0.29) is 0 Å². The van der Waals surface area contributed by atoms with E-state index in [1.54, 1.807) is 0 Å². The number of anilines is 1. The zero-order valence-electron chi connectivity index (χ0n) is 24.1. The van der Waals surface area contributed by atoms with Gasteiger partial charge in [-0.15, -0.1) is 0 Å². The van der Waals surface area contributed by atoms with Crippen LogP contribution in [0.2, 0.25) is 0 Å². The van der Waals surface area contributed by atoms with Crippen LogP contribution < -0.4 is 9.47 Å². The van der Waals surface area contributed by atoms with E-state index in [9.17, 15) is 8.78 Å². The third-order valence-corrected chi connectivity index (χ3v) is 7.97. The Morgan fingerprint density at radius 1 is 0.737 bits per heavy atom. The van der Waals surface area contributed by atoms with E-state index in [2.05, 4.69) is 56.9 Å². The first-order valence-electron chi connectivity index (χ1n) is 14.7. The Kier molecular flexibility index (Phi) is 11.8.